The van der Waals surface area contributed by atoms with Crippen molar-refractivity contribution in [2.75, 3.05) is 0 Å². The van der Waals surface area contributed by atoms with Crippen LogP contribution >= 0.6 is 11.6 Å². The summed E-state index contributed by atoms with van der Waals surface area (Å²) in [6.45, 7) is 7.85. The maximum Gasteiger partial charge on any atom is 0.262 e. The average Bonchev–Trinajstić information content (AvgIpc) is 2.68. The van der Waals surface area contributed by atoms with Crippen LogP contribution in [-0.4, -0.2) is 30.2 Å². The molecule has 1 unspecified atom stereocenters. The van der Waals surface area contributed by atoms with Gasteiger partial charge in [-0.2, -0.15) is 5.10 Å². The van der Waals surface area contributed by atoms with Crippen LogP contribution < -0.4 is 15.5 Å². The predicted molar refractivity (Wildman–Crippen MR) is 120 cm³/mol. The minimum Gasteiger partial charge on any atom is -0.490 e. The van der Waals surface area contributed by atoms with Crippen molar-refractivity contribution in [3.8, 4) is 5.75 Å². The van der Waals surface area contributed by atoms with Gasteiger partial charge in [-0.25, -0.2) is 5.43 Å². The Balaban J connectivity index is 2.06. The van der Waals surface area contributed by atoms with E-state index in [1.165, 1.54) is 6.21 Å². The number of carbonyl (C=O) groups is 2. The summed E-state index contributed by atoms with van der Waals surface area (Å²) < 4.78 is 5.74. The summed E-state index contributed by atoms with van der Waals surface area (Å²) in [5.41, 5.74) is 3.70. The molecule has 2 amide bonds. The molecule has 0 radical (unpaired) electrons. The Hall–Kier alpha value is -2.86. The second-order valence-electron chi connectivity index (χ2n) is 7.60. The first-order chi connectivity index (χ1) is 14.3. The zero-order chi connectivity index (χ0) is 22.1. The Labute approximate surface area is 182 Å². The van der Waals surface area contributed by atoms with Gasteiger partial charge in [-0.15, -0.1) is 0 Å². The molecule has 7 heteroatoms. The van der Waals surface area contributed by atoms with Crippen molar-refractivity contribution in [3.05, 3.63) is 64.7 Å². The zero-order valence-corrected chi connectivity index (χ0v) is 18.4. The molecule has 0 aliphatic heterocycles. The van der Waals surface area contributed by atoms with Crippen LogP contribution in [0.1, 0.15) is 50.0 Å². The number of amides is 2. The van der Waals surface area contributed by atoms with E-state index in [9.17, 15) is 9.59 Å². The molecule has 0 heterocycles. The summed E-state index contributed by atoms with van der Waals surface area (Å²) in [4.78, 5) is 25.2. The van der Waals surface area contributed by atoms with Gasteiger partial charge in [0, 0.05) is 16.1 Å². The van der Waals surface area contributed by atoms with Crippen molar-refractivity contribution in [2.24, 2.45) is 11.0 Å². The van der Waals surface area contributed by atoms with Crippen LogP contribution in [0.5, 0.6) is 5.75 Å². The third kappa shape index (κ3) is 7.52. The maximum atomic E-state index is 12.7. The number of halogens is 1. The molecule has 0 aliphatic rings. The minimum absolute atomic E-state index is 0.0210. The summed E-state index contributed by atoms with van der Waals surface area (Å²) in [5, 5.41) is 7.37. The number of nitrogens with zero attached hydrogens (tertiary/aromatic N) is 1. The highest BCUT2D eigenvalue weighted by atomic mass is 35.5. The molecule has 0 spiro atoms. The average molecular weight is 430 g/mol. The molecule has 0 aliphatic carbocycles. The third-order valence-corrected chi connectivity index (χ3v) is 4.35. The van der Waals surface area contributed by atoms with Crippen molar-refractivity contribution in [3.63, 3.8) is 0 Å². The molecule has 160 valence electrons. The van der Waals surface area contributed by atoms with E-state index in [0.29, 0.717) is 22.8 Å². The van der Waals surface area contributed by atoms with E-state index < -0.39 is 6.04 Å². The molecule has 0 saturated heterocycles. The molecular weight excluding hydrogens is 402 g/mol. The third-order valence-electron chi connectivity index (χ3n) is 4.10. The lowest BCUT2D eigenvalue weighted by molar-refractivity contribution is -0.123. The first-order valence-corrected chi connectivity index (χ1v) is 10.3. The van der Waals surface area contributed by atoms with E-state index in [-0.39, 0.29) is 23.8 Å². The Morgan fingerprint density at radius 1 is 1.07 bits per heavy atom. The van der Waals surface area contributed by atoms with Crippen molar-refractivity contribution in [1.29, 1.82) is 0 Å². The normalized spacial score (nSPS) is 12.2. The van der Waals surface area contributed by atoms with E-state index in [2.05, 4.69) is 15.8 Å². The molecule has 2 N–H and O–H groups in total. The summed E-state index contributed by atoms with van der Waals surface area (Å²) in [6.07, 6.45) is 2.03. The quantitative estimate of drug-likeness (QED) is 0.457. The zero-order valence-electron chi connectivity index (χ0n) is 17.7. The van der Waals surface area contributed by atoms with Gasteiger partial charge in [-0.3, -0.25) is 9.59 Å². The van der Waals surface area contributed by atoms with Gasteiger partial charge in [0.2, 0.25) is 0 Å². The summed E-state index contributed by atoms with van der Waals surface area (Å²) in [5.74, 6) is 0.160. The standard InChI is InChI=1S/C23H28ClN3O3/c1-15(2)13-20(26-22(28)17-9-11-19(24)12-10-17)23(29)27-25-14-18-7-5-6-8-21(18)30-16(3)4/h5-12,14-16,20H,13H2,1-4H3,(H,26,28)(H,27,29)/b25-14+. The second kappa shape index (κ2) is 11.4. The van der Waals surface area contributed by atoms with Crippen molar-refractivity contribution in [2.45, 2.75) is 46.3 Å². The van der Waals surface area contributed by atoms with Crippen LogP contribution in [-0.2, 0) is 4.79 Å². The SMILES string of the molecule is CC(C)CC(NC(=O)c1ccc(Cl)cc1)C(=O)N/N=C/c1ccccc1OC(C)C. The van der Waals surface area contributed by atoms with Gasteiger partial charge in [0.1, 0.15) is 11.8 Å². The topological polar surface area (TPSA) is 79.8 Å². The van der Waals surface area contributed by atoms with E-state index in [1.54, 1.807) is 24.3 Å². The molecule has 0 aromatic heterocycles. The number of carbonyl (C=O) groups excluding carboxylic acids is 2. The van der Waals surface area contributed by atoms with Gasteiger partial charge in [0.15, 0.2) is 0 Å². The molecule has 6 nitrogen and oxygen atoms in total. The lowest BCUT2D eigenvalue weighted by atomic mass is 10.0. The molecule has 30 heavy (non-hydrogen) atoms. The lowest BCUT2D eigenvalue weighted by Crippen LogP contribution is -2.46. The minimum atomic E-state index is -0.715. The number of hydrazone groups is 1. The van der Waals surface area contributed by atoms with Gasteiger partial charge in [-0.05, 0) is 62.6 Å². The molecule has 0 fully saturated rings. The molecule has 2 aromatic carbocycles. The molecule has 0 saturated carbocycles. The van der Waals surface area contributed by atoms with E-state index in [1.807, 2.05) is 52.0 Å². The molecule has 1 atom stereocenters. The van der Waals surface area contributed by atoms with Crippen LogP contribution in [0, 0.1) is 5.92 Å². The van der Waals surface area contributed by atoms with Crippen LogP contribution in [0.25, 0.3) is 0 Å². The molecular formula is C23H28ClN3O3. The van der Waals surface area contributed by atoms with Gasteiger partial charge < -0.3 is 10.1 Å². The Morgan fingerprint density at radius 3 is 2.37 bits per heavy atom. The van der Waals surface area contributed by atoms with E-state index in [4.69, 9.17) is 16.3 Å². The van der Waals surface area contributed by atoms with E-state index in [0.717, 1.165) is 5.56 Å². The van der Waals surface area contributed by atoms with Gasteiger partial charge >= 0.3 is 0 Å². The Bertz CT molecular complexity index is 880. The smallest absolute Gasteiger partial charge is 0.262 e. The molecule has 2 rings (SSSR count). The van der Waals surface area contributed by atoms with Gasteiger partial charge in [-0.1, -0.05) is 37.6 Å². The number of nitrogens with one attached hydrogen (secondary N) is 2. The van der Waals surface area contributed by atoms with Crippen LogP contribution in [0.15, 0.2) is 53.6 Å². The largest absolute Gasteiger partial charge is 0.490 e. The lowest BCUT2D eigenvalue weighted by Gasteiger charge is -2.19. The van der Waals surface area contributed by atoms with E-state index >= 15 is 0 Å². The van der Waals surface area contributed by atoms with Crippen molar-refractivity contribution < 1.29 is 14.3 Å². The number of benzene rings is 2. The summed E-state index contributed by atoms with van der Waals surface area (Å²) in [7, 11) is 0. The predicted octanol–water partition coefficient (Wildman–Crippen LogP) is 4.42. The fraction of sp³-hybridized carbons (Fsp3) is 0.348. The highest BCUT2D eigenvalue weighted by Gasteiger charge is 2.22. The Kier molecular flexibility index (Phi) is 8.87. The molecule has 0 bridgehead atoms. The summed E-state index contributed by atoms with van der Waals surface area (Å²) >= 11 is 5.87. The highest BCUT2D eigenvalue weighted by Crippen LogP contribution is 2.17. The monoisotopic (exact) mass is 429 g/mol. The maximum absolute atomic E-state index is 12.7. The van der Waals surface area contributed by atoms with Crippen LogP contribution in [0.3, 0.4) is 0 Å². The van der Waals surface area contributed by atoms with Gasteiger partial charge in [0.05, 0.1) is 12.3 Å². The number of para-hydroxylation sites is 1. The number of hydrogen-bond donors (Lipinski definition) is 2. The highest BCUT2D eigenvalue weighted by molar-refractivity contribution is 6.30. The fourth-order valence-corrected chi connectivity index (χ4v) is 2.86. The first-order valence-electron chi connectivity index (χ1n) is 9.91. The van der Waals surface area contributed by atoms with Gasteiger partial charge in [0.25, 0.3) is 11.8 Å². The summed E-state index contributed by atoms with van der Waals surface area (Å²) in [6, 6.07) is 13.2. The molecule has 2 aromatic rings. The van der Waals surface area contributed by atoms with Crippen LogP contribution in [0.4, 0.5) is 0 Å². The number of ether oxygens (including phenoxy) is 1. The second-order valence-corrected chi connectivity index (χ2v) is 8.04. The van der Waals surface area contributed by atoms with Crippen molar-refractivity contribution in [1.82, 2.24) is 10.7 Å². The number of hydrogen-bond acceptors (Lipinski definition) is 4. The van der Waals surface area contributed by atoms with Crippen molar-refractivity contribution >= 4 is 29.6 Å². The number of rotatable bonds is 9. The van der Waals surface area contributed by atoms with Crippen LogP contribution in [0.2, 0.25) is 5.02 Å². The fourth-order valence-electron chi connectivity index (χ4n) is 2.74. The Morgan fingerprint density at radius 2 is 1.73 bits per heavy atom. The first kappa shape index (κ1) is 23.4.